The molecule has 0 spiro atoms. The highest BCUT2D eigenvalue weighted by atomic mass is 16.6. The second-order valence-corrected chi connectivity index (χ2v) is 15.9. The van der Waals surface area contributed by atoms with E-state index in [1.165, 1.54) is 20.0 Å². The van der Waals surface area contributed by atoms with Crippen molar-refractivity contribution < 1.29 is 29.0 Å². The van der Waals surface area contributed by atoms with E-state index in [2.05, 4.69) is 56.7 Å². The van der Waals surface area contributed by atoms with Crippen LogP contribution in [0.2, 0.25) is 0 Å². The Morgan fingerprint density at radius 3 is 1.86 bits per heavy atom. The fraction of sp³-hybridized carbons (Fsp3) is 0.286. The molecule has 4 aromatic heterocycles. The lowest BCUT2D eigenvalue weighted by Gasteiger charge is -2.30. The number of hydrogen-bond acceptors (Lipinski definition) is 7. The number of nitrogens with zero attached hydrogens (tertiary/aromatic N) is 3. The molecule has 292 valence electrons. The van der Waals surface area contributed by atoms with E-state index in [1.54, 1.807) is 23.2 Å². The lowest BCUT2D eigenvalue weighted by Crippen LogP contribution is -2.39. The first-order chi connectivity index (χ1) is 26.3. The molecule has 0 aliphatic heterocycles. The van der Waals surface area contributed by atoms with Crippen LogP contribution >= 0.6 is 0 Å². The molecule has 6 N–H and O–H groups in total. The van der Waals surface area contributed by atoms with Crippen molar-refractivity contribution in [2.24, 2.45) is 10.8 Å². The second-order valence-electron chi connectivity index (χ2n) is 15.9. The van der Waals surface area contributed by atoms with Gasteiger partial charge in [-0.15, -0.1) is 0 Å². The molecule has 4 amide bonds. The Kier molecular flexibility index (Phi) is 12.1. The SMILES string of the molecule is CC(=O)Nc1ccc(-c2cc3cc(N(CC(C)(C)C)C(=O)OCC(C)(C)C)cnc3[nH]2)cc1.CC(=O)Nc1cccc(-c2cc3cc(NC(=O)O)cnc3[nH]2)c1. The number of nitrogens with one attached hydrogen (secondary N) is 5. The van der Waals surface area contributed by atoms with Crippen LogP contribution in [0, 0.1) is 10.8 Å². The Morgan fingerprint density at radius 1 is 0.679 bits per heavy atom. The number of H-pyrrole nitrogens is 2. The van der Waals surface area contributed by atoms with Crippen molar-refractivity contribution >= 4 is 68.8 Å². The minimum atomic E-state index is -1.13. The van der Waals surface area contributed by atoms with Gasteiger partial charge >= 0.3 is 12.2 Å². The number of pyridine rings is 2. The van der Waals surface area contributed by atoms with Crippen LogP contribution in [0.4, 0.5) is 32.3 Å². The number of carbonyl (C=O) groups is 4. The maximum Gasteiger partial charge on any atom is 0.414 e. The van der Waals surface area contributed by atoms with Gasteiger partial charge in [0.25, 0.3) is 0 Å². The van der Waals surface area contributed by atoms with Gasteiger partial charge in [0.15, 0.2) is 0 Å². The molecule has 0 unspecified atom stereocenters. The third-order valence-corrected chi connectivity index (χ3v) is 7.98. The van der Waals surface area contributed by atoms with Gasteiger partial charge in [0.05, 0.1) is 30.4 Å². The standard InChI is InChI=1S/C26H34N4O3.C16H14N4O3/c1-17(31)28-20-10-8-18(9-11-20)22-13-19-12-21(14-27-23(19)29-22)30(15-25(2,3)4)24(32)33-16-26(5,6)7;1-9(21)18-12-4-2-3-10(5-12)14-7-11-6-13(19-16(22)23)8-17-15(11)20-14/h8-14H,15-16H2,1-7H3,(H,27,29)(H,28,31);2-8,19H,1H3,(H,17,20)(H,18,21)(H,22,23). The van der Waals surface area contributed by atoms with Crippen molar-refractivity contribution in [1.82, 2.24) is 19.9 Å². The number of aromatic nitrogens is 4. The Bertz CT molecular complexity index is 2370. The van der Waals surface area contributed by atoms with E-state index < -0.39 is 6.09 Å². The summed E-state index contributed by atoms with van der Waals surface area (Å²) < 4.78 is 5.62. The lowest BCUT2D eigenvalue weighted by atomic mass is 9.96. The first-order valence-corrected chi connectivity index (χ1v) is 18.0. The van der Waals surface area contributed by atoms with Crippen LogP contribution in [0.25, 0.3) is 44.6 Å². The number of benzene rings is 2. The maximum absolute atomic E-state index is 13.0. The maximum atomic E-state index is 13.0. The first kappa shape index (κ1) is 40.5. The zero-order valence-corrected chi connectivity index (χ0v) is 32.8. The monoisotopic (exact) mass is 760 g/mol. The Morgan fingerprint density at radius 2 is 1.27 bits per heavy atom. The number of carboxylic acid groups (broad SMARTS) is 1. The van der Waals surface area contributed by atoms with E-state index in [4.69, 9.17) is 9.84 Å². The van der Waals surface area contributed by atoms with Crippen LogP contribution in [0.1, 0.15) is 55.4 Å². The zero-order valence-electron chi connectivity index (χ0n) is 32.8. The number of hydrogen-bond donors (Lipinski definition) is 6. The minimum absolute atomic E-state index is 0.106. The van der Waals surface area contributed by atoms with Crippen LogP contribution in [-0.4, -0.2) is 62.2 Å². The first-order valence-electron chi connectivity index (χ1n) is 18.0. The summed E-state index contributed by atoms with van der Waals surface area (Å²) in [5.74, 6) is -0.240. The highest BCUT2D eigenvalue weighted by molar-refractivity contribution is 5.94. The van der Waals surface area contributed by atoms with Crippen LogP contribution in [-0.2, 0) is 14.3 Å². The summed E-state index contributed by atoms with van der Waals surface area (Å²) in [4.78, 5) is 63.0. The third-order valence-electron chi connectivity index (χ3n) is 7.98. The molecule has 0 atom stereocenters. The van der Waals surface area contributed by atoms with Gasteiger partial charge in [-0.05, 0) is 64.9 Å². The minimum Gasteiger partial charge on any atom is -0.465 e. The molecule has 56 heavy (non-hydrogen) atoms. The fourth-order valence-corrected chi connectivity index (χ4v) is 5.67. The molecule has 6 aromatic rings. The summed E-state index contributed by atoms with van der Waals surface area (Å²) in [5.41, 5.74) is 7.30. The molecule has 0 aliphatic rings. The number of ether oxygens (including phenoxy) is 1. The van der Waals surface area contributed by atoms with Gasteiger partial charge in [-0.2, -0.15) is 0 Å². The number of aromatic amines is 2. The highest BCUT2D eigenvalue weighted by Crippen LogP contribution is 2.30. The Hall–Kier alpha value is -6.70. The van der Waals surface area contributed by atoms with E-state index in [-0.39, 0.29) is 28.7 Å². The summed E-state index contributed by atoms with van der Waals surface area (Å²) in [6.45, 7) is 16.1. The van der Waals surface area contributed by atoms with Gasteiger partial charge in [0.2, 0.25) is 11.8 Å². The summed E-state index contributed by atoms with van der Waals surface area (Å²) in [5, 5.41) is 18.2. The van der Waals surface area contributed by atoms with E-state index >= 15 is 0 Å². The number of fused-ring (bicyclic) bond motifs is 2. The van der Waals surface area contributed by atoms with E-state index in [0.29, 0.717) is 35.9 Å². The predicted octanol–water partition coefficient (Wildman–Crippen LogP) is 9.50. The summed E-state index contributed by atoms with van der Waals surface area (Å²) in [6.07, 6.45) is 1.65. The van der Waals surface area contributed by atoms with Crippen LogP contribution in [0.3, 0.4) is 0 Å². The number of anilines is 4. The molecular weight excluding hydrogens is 713 g/mol. The van der Waals surface area contributed by atoms with Crippen molar-refractivity contribution in [1.29, 1.82) is 0 Å². The van der Waals surface area contributed by atoms with E-state index in [9.17, 15) is 19.2 Å². The molecule has 6 rings (SSSR count). The average Bonchev–Trinajstić information content (AvgIpc) is 3.73. The van der Waals surface area contributed by atoms with Gasteiger partial charge in [0.1, 0.15) is 11.3 Å². The average molecular weight is 761 g/mol. The predicted molar refractivity (Wildman–Crippen MR) is 221 cm³/mol. The largest absolute Gasteiger partial charge is 0.465 e. The molecular formula is C42H48N8O6. The van der Waals surface area contributed by atoms with Crippen molar-refractivity contribution in [2.75, 3.05) is 34.0 Å². The van der Waals surface area contributed by atoms with Gasteiger partial charge in [-0.25, -0.2) is 19.6 Å². The molecule has 0 aliphatic carbocycles. The van der Waals surface area contributed by atoms with Crippen LogP contribution in [0.15, 0.2) is 85.2 Å². The third kappa shape index (κ3) is 11.4. The Balaban J connectivity index is 0.000000228. The number of rotatable bonds is 8. The molecule has 0 saturated heterocycles. The van der Waals surface area contributed by atoms with E-state index in [1.807, 2.05) is 81.4 Å². The normalized spacial score (nSPS) is 11.4. The summed E-state index contributed by atoms with van der Waals surface area (Å²) >= 11 is 0. The highest BCUT2D eigenvalue weighted by Gasteiger charge is 2.26. The van der Waals surface area contributed by atoms with Crippen LogP contribution < -0.4 is 20.9 Å². The molecule has 0 fully saturated rings. The van der Waals surface area contributed by atoms with Crippen molar-refractivity contribution in [3.05, 3.63) is 85.2 Å². The van der Waals surface area contributed by atoms with Gasteiger partial charge in [-0.3, -0.25) is 19.8 Å². The van der Waals surface area contributed by atoms with Crippen molar-refractivity contribution in [2.45, 2.75) is 55.4 Å². The summed E-state index contributed by atoms with van der Waals surface area (Å²) in [7, 11) is 0. The molecule has 4 heterocycles. The van der Waals surface area contributed by atoms with E-state index in [0.717, 1.165) is 44.6 Å². The lowest BCUT2D eigenvalue weighted by molar-refractivity contribution is -0.115. The quantitative estimate of drug-likeness (QED) is 0.0882. The number of amides is 4. The van der Waals surface area contributed by atoms with Gasteiger partial charge in [-0.1, -0.05) is 65.8 Å². The Labute approximate surface area is 325 Å². The summed E-state index contributed by atoms with van der Waals surface area (Å²) in [6, 6.07) is 22.5. The van der Waals surface area contributed by atoms with Crippen LogP contribution in [0.5, 0.6) is 0 Å². The molecule has 0 saturated carbocycles. The molecule has 0 radical (unpaired) electrons. The van der Waals surface area contributed by atoms with Crippen molar-refractivity contribution in [3.8, 4) is 22.5 Å². The smallest absolute Gasteiger partial charge is 0.414 e. The topological polar surface area (TPSA) is 194 Å². The molecule has 14 nitrogen and oxygen atoms in total. The molecule has 2 aromatic carbocycles. The number of carbonyl (C=O) groups excluding carboxylic acids is 3. The molecule has 0 bridgehead atoms. The fourth-order valence-electron chi connectivity index (χ4n) is 5.67. The van der Waals surface area contributed by atoms with Gasteiger partial charge < -0.3 is 30.4 Å². The zero-order chi connectivity index (χ0) is 40.8. The van der Waals surface area contributed by atoms with Crippen molar-refractivity contribution in [3.63, 3.8) is 0 Å². The van der Waals surface area contributed by atoms with Gasteiger partial charge in [0, 0.05) is 59.5 Å². The molecule has 14 heteroatoms. The second kappa shape index (κ2) is 16.8.